The standard InChI is InChI=1S/C15H22O/c1-15-10-12-6-3-2-5-11(12)9-13(15)7-4-8-14(15)16/h13H,2-10H2,1H3/t13-,15-/m1/s1. The number of rotatable bonds is 0. The van der Waals surface area contributed by atoms with Crippen molar-refractivity contribution in [2.45, 2.75) is 64.7 Å². The van der Waals surface area contributed by atoms with Gasteiger partial charge in [0.05, 0.1) is 0 Å². The Bertz CT molecular complexity index is 352. The number of allylic oxidation sites excluding steroid dienone is 2. The Morgan fingerprint density at radius 3 is 2.62 bits per heavy atom. The van der Waals surface area contributed by atoms with Crippen molar-refractivity contribution in [2.75, 3.05) is 0 Å². The molecule has 0 aromatic rings. The molecule has 0 saturated heterocycles. The summed E-state index contributed by atoms with van der Waals surface area (Å²) >= 11 is 0. The number of hydrogen-bond acceptors (Lipinski definition) is 1. The fraction of sp³-hybridized carbons (Fsp3) is 0.800. The van der Waals surface area contributed by atoms with Crippen molar-refractivity contribution in [1.29, 1.82) is 0 Å². The Kier molecular flexibility index (Phi) is 2.45. The normalized spacial score (nSPS) is 39.3. The van der Waals surface area contributed by atoms with Crippen LogP contribution in [0, 0.1) is 11.3 Å². The zero-order valence-electron chi connectivity index (χ0n) is 10.3. The van der Waals surface area contributed by atoms with Gasteiger partial charge in [-0.25, -0.2) is 0 Å². The van der Waals surface area contributed by atoms with E-state index in [1.807, 2.05) is 0 Å². The lowest BCUT2D eigenvalue weighted by atomic mass is 9.57. The summed E-state index contributed by atoms with van der Waals surface area (Å²) in [7, 11) is 0. The predicted molar refractivity (Wildman–Crippen MR) is 65.2 cm³/mol. The van der Waals surface area contributed by atoms with Gasteiger partial charge in [-0.2, -0.15) is 0 Å². The molecule has 2 atom stereocenters. The minimum atomic E-state index is 0.0222. The van der Waals surface area contributed by atoms with E-state index in [0.29, 0.717) is 11.7 Å². The summed E-state index contributed by atoms with van der Waals surface area (Å²) in [5.74, 6) is 1.23. The minimum absolute atomic E-state index is 0.0222. The highest BCUT2D eigenvalue weighted by molar-refractivity contribution is 5.86. The number of hydrogen-bond donors (Lipinski definition) is 0. The quantitative estimate of drug-likeness (QED) is 0.561. The van der Waals surface area contributed by atoms with E-state index < -0.39 is 0 Å². The van der Waals surface area contributed by atoms with E-state index in [9.17, 15) is 4.79 Å². The van der Waals surface area contributed by atoms with Gasteiger partial charge in [-0.3, -0.25) is 4.79 Å². The highest BCUT2D eigenvalue weighted by atomic mass is 16.1. The third-order valence-corrected chi connectivity index (χ3v) is 5.27. The molecule has 3 rings (SSSR count). The number of ketones is 1. The van der Waals surface area contributed by atoms with Crippen LogP contribution in [0.5, 0.6) is 0 Å². The molecule has 1 heteroatoms. The summed E-state index contributed by atoms with van der Waals surface area (Å²) in [6.07, 6.45) is 11.0. The van der Waals surface area contributed by atoms with Crippen LogP contribution < -0.4 is 0 Å². The van der Waals surface area contributed by atoms with Crippen LogP contribution in [0.2, 0.25) is 0 Å². The molecule has 1 nitrogen and oxygen atoms in total. The molecular formula is C15H22O. The second-order valence-electron chi connectivity index (χ2n) is 6.22. The lowest BCUT2D eigenvalue weighted by molar-refractivity contribution is -0.134. The average Bonchev–Trinajstić information content (AvgIpc) is 2.28. The number of fused-ring (bicyclic) bond motifs is 1. The molecule has 0 aliphatic heterocycles. The summed E-state index contributed by atoms with van der Waals surface area (Å²) in [6, 6.07) is 0. The molecule has 0 heterocycles. The fourth-order valence-corrected chi connectivity index (χ4v) is 4.14. The zero-order chi connectivity index (χ0) is 11.2. The maximum Gasteiger partial charge on any atom is 0.139 e. The maximum atomic E-state index is 12.2. The van der Waals surface area contributed by atoms with Crippen LogP contribution in [0.3, 0.4) is 0 Å². The Morgan fingerprint density at radius 1 is 1.06 bits per heavy atom. The van der Waals surface area contributed by atoms with Gasteiger partial charge in [-0.05, 0) is 57.3 Å². The predicted octanol–water partition coefficient (Wildman–Crippen LogP) is 4.03. The van der Waals surface area contributed by atoms with Gasteiger partial charge in [-0.1, -0.05) is 18.1 Å². The molecule has 0 spiro atoms. The van der Waals surface area contributed by atoms with E-state index in [1.54, 1.807) is 11.1 Å². The first-order valence-electron chi connectivity index (χ1n) is 6.93. The first kappa shape index (κ1) is 10.6. The smallest absolute Gasteiger partial charge is 0.139 e. The monoisotopic (exact) mass is 218 g/mol. The van der Waals surface area contributed by atoms with Crippen molar-refractivity contribution < 1.29 is 4.79 Å². The van der Waals surface area contributed by atoms with E-state index in [4.69, 9.17) is 0 Å². The first-order chi connectivity index (χ1) is 7.70. The van der Waals surface area contributed by atoms with Crippen molar-refractivity contribution in [3.8, 4) is 0 Å². The highest BCUT2D eigenvalue weighted by Crippen LogP contribution is 2.52. The average molecular weight is 218 g/mol. The number of carbonyl (C=O) groups is 1. The summed E-state index contributed by atoms with van der Waals surface area (Å²) in [5, 5.41) is 0. The van der Waals surface area contributed by atoms with Crippen molar-refractivity contribution in [2.24, 2.45) is 11.3 Å². The van der Waals surface area contributed by atoms with Gasteiger partial charge < -0.3 is 0 Å². The number of carbonyl (C=O) groups excluding carboxylic acids is 1. The minimum Gasteiger partial charge on any atom is -0.299 e. The van der Waals surface area contributed by atoms with E-state index >= 15 is 0 Å². The SMILES string of the molecule is C[C@@]12CC3=C(CCCC3)C[C@H]1CCCC2=O. The molecule has 3 aliphatic carbocycles. The van der Waals surface area contributed by atoms with Gasteiger partial charge >= 0.3 is 0 Å². The molecule has 0 aromatic heterocycles. The lowest BCUT2D eigenvalue weighted by Crippen LogP contribution is -2.42. The highest BCUT2D eigenvalue weighted by Gasteiger charge is 2.46. The Balaban J connectivity index is 1.93. The summed E-state index contributed by atoms with van der Waals surface area (Å²) in [5.41, 5.74) is 3.43. The third-order valence-electron chi connectivity index (χ3n) is 5.27. The van der Waals surface area contributed by atoms with Crippen molar-refractivity contribution >= 4 is 5.78 Å². The van der Waals surface area contributed by atoms with Crippen LogP contribution in [0.1, 0.15) is 64.7 Å². The molecule has 1 fully saturated rings. The van der Waals surface area contributed by atoms with Crippen molar-refractivity contribution in [3.63, 3.8) is 0 Å². The number of Topliss-reactive ketones (excluding diaryl/α,β-unsaturated/α-hetero) is 1. The topological polar surface area (TPSA) is 17.1 Å². The molecule has 0 N–H and O–H groups in total. The van der Waals surface area contributed by atoms with Crippen LogP contribution in [-0.2, 0) is 4.79 Å². The molecule has 3 aliphatic rings. The van der Waals surface area contributed by atoms with Crippen LogP contribution >= 0.6 is 0 Å². The Labute approximate surface area is 98.3 Å². The van der Waals surface area contributed by atoms with Crippen LogP contribution in [-0.4, -0.2) is 5.78 Å². The molecule has 0 aromatic carbocycles. The van der Waals surface area contributed by atoms with Gasteiger partial charge in [0, 0.05) is 11.8 Å². The van der Waals surface area contributed by atoms with E-state index in [1.165, 1.54) is 38.5 Å². The van der Waals surface area contributed by atoms with Gasteiger partial charge in [0.2, 0.25) is 0 Å². The molecule has 0 bridgehead atoms. The van der Waals surface area contributed by atoms with Gasteiger partial charge in [0.1, 0.15) is 5.78 Å². The van der Waals surface area contributed by atoms with Crippen molar-refractivity contribution in [3.05, 3.63) is 11.1 Å². The Morgan fingerprint density at radius 2 is 1.81 bits per heavy atom. The van der Waals surface area contributed by atoms with Gasteiger partial charge in [0.15, 0.2) is 0 Å². The van der Waals surface area contributed by atoms with Crippen molar-refractivity contribution in [1.82, 2.24) is 0 Å². The van der Waals surface area contributed by atoms with Gasteiger partial charge in [0.25, 0.3) is 0 Å². The van der Waals surface area contributed by atoms with Gasteiger partial charge in [-0.15, -0.1) is 0 Å². The third kappa shape index (κ3) is 1.48. The lowest BCUT2D eigenvalue weighted by Gasteiger charge is -2.46. The maximum absolute atomic E-state index is 12.2. The zero-order valence-corrected chi connectivity index (χ0v) is 10.3. The molecule has 0 unspecified atom stereocenters. The largest absolute Gasteiger partial charge is 0.299 e. The van der Waals surface area contributed by atoms with Crippen LogP contribution in [0.4, 0.5) is 0 Å². The summed E-state index contributed by atoms with van der Waals surface area (Å²) in [6.45, 7) is 2.25. The summed E-state index contributed by atoms with van der Waals surface area (Å²) < 4.78 is 0. The molecule has 0 amide bonds. The van der Waals surface area contributed by atoms with Crippen LogP contribution in [0.25, 0.3) is 0 Å². The Hall–Kier alpha value is -0.590. The molecule has 1 saturated carbocycles. The first-order valence-corrected chi connectivity index (χ1v) is 6.93. The van der Waals surface area contributed by atoms with E-state index in [0.717, 1.165) is 19.3 Å². The van der Waals surface area contributed by atoms with E-state index in [-0.39, 0.29) is 5.41 Å². The molecule has 0 radical (unpaired) electrons. The molecule has 88 valence electrons. The molecular weight excluding hydrogens is 196 g/mol. The second kappa shape index (κ2) is 3.72. The molecule has 16 heavy (non-hydrogen) atoms. The fourth-order valence-electron chi connectivity index (χ4n) is 4.14. The summed E-state index contributed by atoms with van der Waals surface area (Å²) in [4.78, 5) is 12.2. The second-order valence-corrected chi connectivity index (χ2v) is 6.22. The van der Waals surface area contributed by atoms with E-state index in [2.05, 4.69) is 6.92 Å². The van der Waals surface area contributed by atoms with Crippen LogP contribution in [0.15, 0.2) is 11.1 Å².